The number of hydrogen-bond acceptors (Lipinski definition) is 4. The van der Waals surface area contributed by atoms with E-state index in [4.69, 9.17) is 4.74 Å². The number of benzene rings is 3. The number of nitrogens with zero attached hydrogens (tertiary/aromatic N) is 2. The molecule has 0 amide bonds. The maximum absolute atomic E-state index is 10.4. The van der Waals surface area contributed by atoms with Crippen LogP contribution < -0.4 is 9.64 Å². The SMILES string of the molecule is CN(Cc1ccc(C(C)(C)C)cc1)Cc1cccc(OCC(O)CN(C)c2ccccc2)c1. The van der Waals surface area contributed by atoms with Crippen molar-refractivity contribution in [2.75, 3.05) is 32.1 Å². The van der Waals surface area contributed by atoms with E-state index in [-0.39, 0.29) is 12.0 Å². The van der Waals surface area contributed by atoms with E-state index in [9.17, 15) is 5.11 Å². The molecule has 33 heavy (non-hydrogen) atoms. The van der Waals surface area contributed by atoms with Gasteiger partial charge in [0.2, 0.25) is 0 Å². The summed E-state index contributed by atoms with van der Waals surface area (Å²) in [6, 6.07) is 27.1. The molecule has 0 radical (unpaired) electrons. The third-order valence-electron chi connectivity index (χ3n) is 5.75. The summed E-state index contributed by atoms with van der Waals surface area (Å²) in [7, 11) is 4.11. The highest BCUT2D eigenvalue weighted by atomic mass is 16.5. The first-order valence-corrected chi connectivity index (χ1v) is 11.6. The molecule has 4 heteroatoms. The molecule has 0 spiro atoms. The van der Waals surface area contributed by atoms with Crippen molar-refractivity contribution in [3.63, 3.8) is 0 Å². The predicted octanol–water partition coefficient (Wildman–Crippen LogP) is 5.49. The van der Waals surface area contributed by atoms with E-state index in [0.717, 1.165) is 24.5 Å². The second-order valence-electron chi connectivity index (χ2n) is 9.95. The number of rotatable bonds is 10. The van der Waals surface area contributed by atoms with Crippen LogP contribution in [-0.4, -0.2) is 43.4 Å². The lowest BCUT2D eigenvalue weighted by atomic mass is 9.87. The fourth-order valence-corrected chi connectivity index (χ4v) is 3.87. The Balaban J connectivity index is 1.48. The van der Waals surface area contributed by atoms with Gasteiger partial charge in [0.25, 0.3) is 0 Å². The van der Waals surface area contributed by atoms with Crippen LogP contribution in [0.4, 0.5) is 5.69 Å². The Kier molecular flexibility index (Phi) is 8.54. The van der Waals surface area contributed by atoms with Crippen LogP contribution in [0, 0.1) is 0 Å². The Bertz CT molecular complexity index is 981. The predicted molar refractivity (Wildman–Crippen MR) is 138 cm³/mol. The zero-order chi connectivity index (χ0) is 23.8. The lowest BCUT2D eigenvalue weighted by Gasteiger charge is -2.23. The average molecular weight is 447 g/mol. The van der Waals surface area contributed by atoms with Crippen molar-refractivity contribution in [2.24, 2.45) is 0 Å². The molecule has 0 fully saturated rings. The van der Waals surface area contributed by atoms with Crippen LogP contribution in [0.3, 0.4) is 0 Å². The maximum atomic E-state index is 10.4. The van der Waals surface area contributed by atoms with Crippen molar-refractivity contribution in [2.45, 2.75) is 45.4 Å². The minimum absolute atomic E-state index is 0.176. The molecule has 0 aromatic heterocycles. The molecule has 0 aliphatic rings. The van der Waals surface area contributed by atoms with E-state index in [1.165, 1.54) is 16.7 Å². The van der Waals surface area contributed by atoms with Gasteiger partial charge in [-0.15, -0.1) is 0 Å². The second-order valence-corrected chi connectivity index (χ2v) is 9.95. The number of ether oxygens (including phenoxy) is 1. The van der Waals surface area contributed by atoms with Crippen molar-refractivity contribution in [3.8, 4) is 5.75 Å². The number of anilines is 1. The van der Waals surface area contributed by atoms with Gasteiger partial charge in [-0.2, -0.15) is 0 Å². The molecule has 0 aliphatic heterocycles. The molecule has 1 N–H and O–H groups in total. The summed E-state index contributed by atoms with van der Waals surface area (Å²) in [5.74, 6) is 0.789. The molecule has 0 saturated heterocycles. The number of aliphatic hydroxyl groups excluding tert-OH is 1. The maximum Gasteiger partial charge on any atom is 0.119 e. The van der Waals surface area contributed by atoms with Crippen LogP contribution in [0.5, 0.6) is 5.75 Å². The summed E-state index contributed by atoms with van der Waals surface area (Å²) < 4.78 is 5.89. The number of aliphatic hydroxyl groups is 1. The molecule has 176 valence electrons. The Hall–Kier alpha value is -2.82. The Morgan fingerprint density at radius 2 is 1.48 bits per heavy atom. The molecule has 1 unspecified atom stereocenters. The smallest absolute Gasteiger partial charge is 0.119 e. The average Bonchev–Trinajstić information content (AvgIpc) is 2.78. The third kappa shape index (κ3) is 7.92. The van der Waals surface area contributed by atoms with Crippen LogP contribution in [0.2, 0.25) is 0 Å². The molecule has 3 aromatic rings. The van der Waals surface area contributed by atoms with Gasteiger partial charge in [-0.3, -0.25) is 4.90 Å². The monoisotopic (exact) mass is 446 g/mol. The molecule has 0 bridgehead atoms. The van der Waals surface area contributed by atoms with Crippen LogP contribution in [0.15, 0.2) is 78.9 Å². The number of hydrogen-bond donors (Lipinski definition) is 1. The normalized spacial score (nSPS) is 12.6. The van der Waals surface area contributed by atoms with E-state index >= 15 is 0 Å². The standard InChI is InChI=1S/C29H38N2O2/c1-29(2,3)25-16-14-23(15-17-25)19-30(4)20-24-10-9-13-28(18-24)33-22-27(32)21-31(5)26-11-7-6-8-12-26/h6-18,27,32H,19-22H2,1-5H3. The summed E-state index contributed by atoms with van der Waals surface area (Å²) in [4.78, 5) is 4.34. The first-order chi connectivity index (χ1) is 15.7. The minimum Gasteiger partial charge on any atom is -0.491 e. The van der Waals surface area contributed by atoms with E-state index in [2.05, 4.69) is 69.1 Å². The van der Waals surface area contributed by atoms with Gasteiger partial charge < -0.3 is 14.7 Å². The highest BCUT2D eigenvalue weighted by Gasteiger charge is 2.13. The number of para-hydroxylation sites is 1. The van der Waals surface area contributed by atoms with Crippen molar-refractivity contribution < 1.29 is 9.84 Å². The highest BCUT2D eigenvalue weighted by Crippen LogP contribution is 2.23. The zero-order valence-corrected chi connectivity index (χ0v) is 20.7. The first kappa shape index (κ1) is 24.8. The third-order valence-corrected chi connectivity index (χ3v) is 5.75. The van der Waals surface area contributed by atoms with Gasteiger partial charge in [0.1, 0.15) is 18.5 Å². The topological polar surface area (TPSA) is 35.9 Å². The van der Waals surface area contributed by atoms with Crippen molar-refractivity contribution >= 4 is 5.69 Å². The summed E-state index contributed by atoms with van der Waals surface area (Å²) in [5, 5.41) is 10.4. The molecule has 1 atom stereocenters. The molecule has 0 saturated carbocycles. The Morgan fingerprint density at radius 1 is 0.818 bits per heavy atom. The minimum atomic E-state index is -0.572. The molecular weight excluding hydrogens is 408 g/mol. The van der Waals surface area contributed by atoms with Crippen LogP contribution in [0.1, 0.15) is 37.5 Å². The van der Waals surface area contributed by atoms with E-state index in [1.54, 1.807) is 0 Å². The quantitative estimate of drug-likeness (QED) is 0.447. The van der Waals surface area contributed by atoms with E-state index in [0.29, 0.717) is 6.54 Å². The fourth-order valence-electron chi connectivity index (χ4n) is 3.87. The van der Waals surface area contributed by atoms with Gasteiger partial charge in [-0.05, 0) is 53.4 Å². The van der Waals surface area contributed by atoms with Crippen LogP contribution in [0.25, 0.3) is 0 Å². The fraction of sp³-hybridized carbons (Fsp3) is 0.379. The van der Waals surface area contributed by atoms with Gasteiger partial charge in [0, 0.05) is 32.4 Å². The van der Waals surface area contributed by atoms with Gasteiger partial charge in [0.15, 0.2) is 0 Å². The highest BCUT2D eigenvalue weighted by molar-refractivity contribution is 5.45. The number of likely N-dealkylation sites (N-methyl/N-ethyl adjacent to an activating group) is 1. The molecular formula is C29H38N2O2. The lowest BCUT2D eigenvalue weighted by Crippen LogP contribution is -2.33. The van der Waals surface area contributed by atoms with Gasteiger partial charge in [-0.25, -0.2) is 0 Å². The van der Waals surface area contributed by atoms with Crippen molar-refractivity contribution in [3.05, 3.63) is 95.6 Å². The Morgan fingerprint density at radius 3 is 2.15 bits per heavy atom. The molecule has 0 aliphatic carbocycles. The molecule has 3 rings (SSSR count). The summed E-state index contributed by atoms with van der Waals surface area (Å²) >= 11 is 0. The van der Waals surface area contributed by atoms with E-state index in [1.807, 2.05) is 54.4 Å². The second kappa shape index (κ2) is 11.4. The Labute approximate surface area is 199 Å². The van der Waals surface area contributed by atoms with Crippen molar-refractivity contribution in [1.29, 1.82) is 0 Å². The first-order valence-electron chi connectivity index (χ1n) is 11.6. The van der Waals surface area contributed by atoms with E-state index < -0.39 is 6.10 Å². The lowest BCUT2D eigenvalue weighted by molar-refractivity contribution is 0.113. The van der Waals surface area contributed by atoms with Gasteiger partial charge in [-0.1, -0.05) is 75.4 Å². The van der Waals surface area contributed by atoms with Crippen LogP contribution in [-0.2, 0) is 18.5 Å². The summed E-state index contributed by atoms with van der Waals surface area (Å²) in [6.45, 7) is 9.21. The molecule has 0 heterocycles. The van der Waals surface area contributed by atoms with Crippen LogP contribution >= 0.6 is 0 Å². The summed E-state index contributed by atoms with van der Waals surface area (Å²) in [6.07, 6.45) is -0.572. The zero-order valence-electron chi connectivity index (χ0n) is 20.7. The molecule has 3 aromatic carbocycles. The summed E-state index contributed by atoms with van der Waals surface area (Å²) in [5.41, 5.74) is 5.11. The molecule has 4 nitrogen and oxygen atoms in total. The van der Waals surface area contributed by atoms with Gasteiger partial charge in [0.05, 0.1) is 0 Å². The largest absolute Gasteiger partial charge is 0.491 e. The van der Waals surface area contributed by atoms with Crippen molar-refractivity contribution in [1.82, 2.24) is 4.90 Å². The van der Waals surface area contributed by atoms with Gasteiger partial charge >= 0.3 is 0 Å².